The van der Waals surface area contributed by atoms with Crippen molar-refractivity contribution in [3.8, 4) is 5.75 Å². The molecule has 0 aliphatic heterocycles. The summed E-state index contributed by atoms with van der Waals surface area (Å²) in [5.41, 5.74) is 1.59. The first-order valence-corrected chi connectivity index (χ1v) is 6.90. The second-order valence-corrected chi connectivity index (χ2v) is 4.61. The van der Waals surface area contributed by atoms with Gasteiger partial charge in [-0.1, -0.05) is 6.07 Å². The molecule has 0 saturated heterocycles. The van der Waals surface area contributed by atoms with Gasteiger partial charge in [0.15, 0.2) is 0 Å². The largest absolute Gasteiger partial charge is 0.497 e. The molecule has 0 aliphatic carbocycles. The number of nitrogens with zero attached hydrogens (tertiary/aromatic N) is 2. The summed E-state index contributed by atoms with van der Waals surface area (Å²) in [5, 5.41) is 5.55. The lowest BCUT2D eigenvalue weighted by molar-refractivity contribution is 0.186. The molecule has 0 saturated carbocycles. The van der Waals surface area contributed by atoms with E-state index in [1.54, 1.807) is 38.9 Å². The SMILES string of the molecule is COCCn1cncc1CNC(=O)Nc1cccc(OC)c1. The minimum atomic E-state index is -0.284. The Hall–Kier alpha value is -2.54. The molecule has 0 unspecified atom stereocenters. The Morgan fingerprint density at radius 1 is 1.36 bits per heavy atom. The average Bonchev–Trinajstić information content (AvgIpc) is 2.98. The summed E-state index contributed by atoms with van der Waals surface area (Å²) in [4.78, 5) is 16.0. The quantitative estimate of drug-likeness (QED) is 0.818. The number of hydrogen-bond donors (Lipinski definition) is 2. The van der Waals surface area contributed by atoms with E-state index in [1.807, 2.05) is 16.7 Å². The van der Waals surface area contributed by atoms with Crippen LogP contribution in [0.15, 0.2) is 36.8 Å². The molecule has 0 aliphatic rings. The van der Waals surface area contributed by atoms with E-state index in [2.05, 4.69) is 15.6 Å². The molecule has 0 atom stereocenters. The maximum Gasteiger partial charge on any atom is 0.319 e. The van der Waals surface area contributed by atoms with E-state index >= 15 is 0 Å². The van der Waals surface area contributed by atoms with Crippen molar-refractivity contribution in [1.29, 1.82) is 0 Å². The first-order chi connectivity index (χ1) is 10.7. The molecule has 0 bridgehead atoms. The van der Waals surface area contributed by atoms with Gasteiger partial charge in [-0.2, -0.15) is 0 Å². The number of nitrogens with one attached hydrogen (secondary N) is 2. The average molecular weight is 304 g/mol. The van der Waals surface area contributed by atoms with Crippen molar-refractivity contribution in [3.05, 3.63) is 42.5 Å². The van der Waals surface area contributed by atoms with Crippen molar-refractivity contribution in [3.63, 3.8) is 0 Å². The first kappa shape index (κ1) is 15.8. The number of carbonyl (C=O) groups is 1. The smallest absolute Gasteiger partial charge is 0.319 e. The third kappa shape index (κ3) is 4.49. The molecule has 7 nitrogen and oxygen atoms in total. The van der Waals surface area contributed by atoms with Gasteiger partial charge < -0.3 is 24.7 Å². The van der Waals surface area contributed by atoms with Gasteiger partial charge in [0.2, 0.25) is 0 Å². The van der Waals surface area contributed by atoms with Crippen LogP contribution >= 0.6 is 0 Å². The van der Waals surface area contributed by atoms with Crippen molar-refractivity contribution in [2.24, 2.45) is 0 Å². The fourth-order valence-corrected chi connectivity index (χ4v) is 1.93. The van der Waals surface area contributed by atoms with Crippen molar-refractivity contribution < 1.29 is 14.3 Å². The van der Waals surface area contributed by atoms with Crippen LogP contribution in [-0.4, -0.2) is 36.4 Å². The summed E-state index contributed by atoms with van der Waals surface area (Å²) in [6.07, 6.45) is 3.44. The molecule has 2 amide bonds. The lowest BCUT2D eigenvalue weighted by Gasteiger charge is -2.10. The zero-order valence-corrected chi connectivity index (χ0v) is 12.7. The van der Waals surface area contributed by atoms with E-state index in [-0.39, 0.29) is 6.03 Å². The molecule has 0 radical (unpaired) electrons. The fraction of sp³-hybridized carbons (Fsp3) is 0.333. The number of urea groups is 1. The summed E-state index contributed by atoms with van der Waals surface area (Å²) in [6.45, 7) is 1.68. The van der Waals surface area contributed by atoms with Crippen molar-refractivity contribution >= 4 is 11.7 Å². The Morgan fingerprint density at radius 2 is 2.23 bits per heavy atom. The van der Waals surface area contributed by atoms with Crippen LogP contribution in [0.3, 0.4) is 0 Å². The van der Waals surface area contributed by atoms with Crippen LogP contribution < -0.4 is 15.4 Å². The van der Waals surface area contributed by atoms with Crippen molar-refractivity contribution in [1.82, 2.24) is 14.9 Å². The minimum Gasteiger partial charge on any atom is -0.497 e. The standard InChI is InChI=1S/C15H20N4O3/c1-21-7-6-19-11-16-9-13(19)10-17-15(20)18-12-4-3-5-14(8-12)22-2/h3-5,8-9,11H,6-7,10H2,1-2H3,(H2,17,18,20). The van der Waals surface area contributed by atoms with Gasteiger partial charge in [0.1, 0.15) is 5.75 Å². The normalized spacial score (nSPS) is 10.3. The van der Waals surface area contributed by atoms with Crippen LogP contribution in [0.25, 0.3) is 0 Å². The molecule has 7 heteroatoms. The molecule has 22 heavy (non-hydrogen) atoms. The number of anilines is 1. The number of rotatable bonds is 7. The van der Waals surface area contributed by atoms with Crippen molar-refractivity contribution in [2.75, 3.05) is 26.1 Å². The number of benzene rings is 1. The molecule has 1 aromatic heterocycles. The second-order valence-electron chi connectivity index (χ2n) is 4.61. The third-order valence-electron chi connectivity index (χ3n) is 3.09. The number of carbonyl (C=O) groups excluding carboxylic acids is 1. The van der Waals surface area contributed by atoms with Gasteiger partial charge in [-0.15, -0.1) is 0 Å². The summed E-state index contributed by atoms with van der Waals surface area (Å²) in [6, 6.07) is 6.90. The lowest BCUT2D eigenvalue weighted by atomic mass is 10.3. The molecular formula is C15H20N4O3. The number of methoxy groups -OCH3 is 2. The predicted molar refractivity (Wildman–Crippen MR) is 83.0 cm³/mol. The van der Waals surface area contributed by atoms with Gasteiger partial charge in [-0.25, -0.2) is 9.78 Å². The Balaban J connectivity index is 1.86. The Labute approximate surface area is 129 Å². The van der Waals surface area contributed by atoms with E-state index in [0.717, 1.165) is 5.69 Å². The highest BCUT2D eigenvalue weighted by Crippen LogP contribution is 2.16. The highest BCUT2D eigenvalue weighted by molar-refractivity contribution is 5.89. The zero-order chi connectivity index (χ0) is 15.8. The predicted octanol–water partition coefficient (Wildman–Crippen LogP) is 1.86. The Kier molecular flexibility index (Phi) is 5.79. The monoisotopic (exact) mass is 304 g/mol. The van der Waals surface area contributed by atoms with E-state index in [9.17, 15) is 4.79 Å². The van der Waals surface area contributed by atoms with E-state index in [1.165, 1.54) is 0 Å². The molecule has 0 fully saturated rings. The number of imidazole rings is 1. The van der Waals surface area contributed by atoms with Gasteiger partial charge in [0.05, 0.1) is 32.3 Å². The fourth-order valence-electron chi connectivity index (χ4n) is 1.93. The van der Waals surface area contributed by atoms with Crippen LogP contribution in [0, 0.1) is 0 Å². The Bertz CT molecular complexity index is 612. The minimum absolute atomic E-state index is 0.284. The van der Waals surface area contributed by atoms with E-state index in [0.29, 0.717) is 31.1 Å². The lowest BCUT2D eigenvalue weighted by Crippen LogP contribution is -2.29. The van der Waals surface area contributed by atoms with Gasteiger partial charge in [0.25, 0.3) is 0 Å². The maximum absolute atomic E-state index is 11.9. The summed E-state index contributed by atoms with van der Waals surface area (Å²) < 4.78 is 12.1. The first-order valence-electron chi connectivity index (χ1n) is 6.90. The van der Waals surface area contributed by atoms with Gasteiger partial charge in [-0.05, 0) is 12.1 Å². The molecule has 2 aromatic rings. The zero-order valence-electron chi connectivity index (χ0n) is 12.7. The number of ether oxygens (including phenoxy) is 2. The molecule has 0 spiro atoms. The second kappa shape index (κ2) is 8.04. The summed E-state index contributed by atoms with van der Waals surface area (Å²) in [5.74, 6) is 0.690. The highest BCUT2D eigenvalue weighted by Gasteiger charge is 2.06. The van der Waals surface area contributed by atoms with Crippen LogP contribution in [0.5, 0.6) is 5.75 Å². The van der Waals surface area contributed by atoms with Gasteiger partial charge in [-0.3, -0.25) is 0 Å². The summed E-state index contributed by atoms with van der Waals surface area (Å²) >= 11 is 0. The molecule has 1 heterocycles. The Morgan fingerprint density at radius 3 is 3.00 bits per heavy atom. The topological polar surface area (TPSA) is 77.4 Å². The number of aromatic nitrogens is 2. The number of hydrogen-bond acceptors (Lipinski definition) is 4. The third-order valence-corrected chi connectivity index (χ3v) is 3.09. The maximum atomic E-state index is 11.9. The highest BCUT2D eigenvalue weighted by atomic mass is 16.5. The van der Waals surface area contributed by atoms with Crippen molar-refractivity contribution in [2.45, 2.75) is 13.1 Å². The van der Waals surface area contributed by atoms with E-state index in [4.69, 9.17) is 9.47 Å². The molecular weight excluding hydrogens is 284 g/mol. The molecule has 1 aromatic carbocycles. The van der Waals surface area contributed by atoms with Crippen LogP contribution in [0.4, 0.5) is 10.5 Å². The molecule has 2 rings (SSSR count). The van der Waals surface area contributed by atoms with Crippen LogP contribution in [0.1, 0.15) is 5.69 Å². The molecule has 118 valence electrons. The van der Waals surface area contributed by atoms with E-state index < -0.39 is 0 Å². The van der Waals surface area contributed by atoms with Gasteiger partial charge in [0, 0.05) is 31.6 Å². The number of amides is 2. The molecule has 2 N–H and O–H groups in total. The van der Waals surface area contributed by atoms with Gasteiger partial charge >= 0.3 is 6.03 Å². The summed E-state index contributed by atoms with van der Waals surface area (Å²) in [7, 11) is 3.23. The van der Waals surface area contributed by atoms with Crippen LogP contribution in [0.2, 0.25) is 0 Å². The van der Waals surface area contributed by atoms with Crippen LogP contribution in [-0.2, 0) is 17.8 Å².